The zero-order valence-electron chi connectivity index (χ0n) is 53.2. The molecule has 3 aromatic heterocycles. The normalized spacial score (nSPS) is 15.0. The summed E-state index contributed by atoms with van der Waals surface area (Å²) >= 11 is 0. The second-order valence-electron chi connectivity index (χ2n) is 23.4. The number of aryl methyl sites for hydroxylation is 1. The zero-order chi connectivity index (χ0) is 62.3. The number of amides is 4. The van der Waals surface area contributed by atoms with Crippen LogP contribution in [0.15, 0.2) is 12.4 Å². The molecule has 5 heterocycles. The average molecular weight is 1220 g/mol. The molecule has 0 aromatic carbocycles. The summed E-state index contributed by atoms with van der Waals surface area (Å²) in [6, 6.07) is -1.17. The Labute approximate surface area is 518 Å². The first-order valence-electron chi connectivity index (χ1n) is 32.8. The number of piperazine rings is 2. The summed E-state index contributed by atoms with van der Waals surface area (Å²) in [5.41, 5.74) is 7.36. The monoisotopic (exact) mass is 1220 g/mol. The molecule has 0 radical (unpaired) electrons. The summed E-state index contributed by atoms with van der Waals surface area (Å²) in [4.78, 5) is 75.5. The van der Waals surface area contributed by atoms with E-state index in [1.54, 1.807) is 24.7 Å². The van der Waals surface area contributed by atoms with Crippen molar-refractivity contribution in [3.8, 4) is 12.3 Å². The Bertz CT molecular complexity index is 2420. The summed E-state index contributed by atoms with van der Waals surface area (Å²) in [5, 5.41) is 36.2. The van der Waals surface area contributed by atoms with Gasteiger partial charge in [-0.1, -0.05) is 114 Å². The van der Waals surface area contributed by atoms with Gasteiger partial charge in [0.2, 0.25) is 41.5 Å². The van der Waals surface area contributed by atoms with Crippen LogP contribution in [0.1, 0.15) is 186 Å². The van der Waals surface area contributed by atoms with Crippen LogP contribution in [0, 0.1) is 25.2 Å². The van der Waals surface area contributed by atoms with Crippen LogP contribution in [-0.2, 0) is 39.8 Å². The Morgan fingerprint density at radius 3 is 1.63 bits per heavy atom. The van der Waals surface area contributed by atoms with E-state index in [1.165, 1.54) is 4.68 Å². The average Bonchev–Trinajstić information content (AvgIpc) is 2.84. The molecular formula is C62H107N17O8. The van der Waals surface area contributed by atoms with E-state index in [-0.39, 0.29) is 36.3 Å². The molecule has 488 valence electrons. The van der Waals surface area contributed by atoms with E-state index in [9.17, 15) is 24.3 Å². The highest BCUT2D eigenvalue weighted by molar-refractivity contribution is 5.81. The summed E-state index contributed by atoms with van der Waals surface area (Å²) < 4.78 is 19.7. The van der Waals surface area contributed by atoms with E-state index in [4.69, 9.17) is 41.3 Å². The third-order valence-electron chi connectivity index (χ3n) is 16.1. The van der Waals surface area contributed by atoms with E-state index in [1.807, 2.05) is 16.0 Å². The van der Waals surface area contributed by atoms with Gasteiger partial charge in [-0.15, -0.1) is 16.6 Å². The summed E-state index contributed by atoms with van der Waals surface area (Å²) in [6.07, 6.45) is 29.9. The van der Waals surface area contributed by atoms with Gasteiger partial charge < -0.3 is 60.6 Å². The van der Waals surface area contributed by atoms with Crippen LogP contribution < -0.4 is 31.5 Å². The van der Waals surface area contributed by atoms with Crippen LogP contribution in [0.3, 0.4) is 0 Å². The number of carbonyl (C=O) groups is 4. The first-order valence-corrected chi connectivity index (χ1v) is 32.8. The number of aliphatic hydroxyl groups is 1. The van der Waals surface area contributed by atoms with Crippen molar-refractivity contribution in [3.63, 3.8) is 0 Å². The van der Waals surface area contributed by atoms with Gasteiger partial charge >= 0.3 is 0 Å². The summed E-state index contributed by atoms with van der Waals surface area (Å²) in [6.45, 7) is 17.2. The number of ether oxygens (including phenoxy) is 3. The standard InChI is InChI=1S/C62H107N17O8/c1-6-41-85-43-45-87-46-44-86-42-32-66-60-67-61(69-62(68-60)77-39-35-75(36-40-77)56(82)28-21-17-13-9-11-15-19-25-31-65-59(84)57(52(5)80)79-48-51(4)70-72-79)76-37-33-74(34-38-76)55(81)27-20-16-12-8-10-14-18-24-30-64-58(83)54(26-22-23-29-63)78-49-53(71-73-78)47-50(3)7-2/h1,48-50,52,54,57,80H,7-47,63H2,2-5H3,(H,64,83)(H,65,84)(H,66,67,68,69)/t50-,52-,54-,57+/m0/s1. The smallest absolute Gasteiger partial charge is 0.247 e. The van der Waals surface area contributed by atoms with Crippen molar-refractivity contribution in [3.05, 3.63) is 23.8 Å². The maximum Gasteiger partial charge on any atom is 0.247 e. The lowest BCUT2D eigenvalue weighted by Gasteiger charge is -2.36. The maximum absolute atomic E-state index is 13.4. The molecule has 87 heavy (non-hydrogen) atoms. The van der Waals surface area contributed by atoms with Gasteiger partial charge in [0, 0.05) is 97.2 Å². The van der Waals surface area contributed by atoms with Crippen LogP contribution in [0.4, 0.5) is 17.8 Å². The van der Waals surface area contributed by atoms with Gasteiger partial charge in [0.05, 0.1) is 50.5 Å². The molecule has 2 saturated heterocycles. The molecule has 4 amide bonds. The fraction of sp³-hybridized carbons (Fsp3) is 0.790. The van der Waals surface area contributed by atoms with E-state index in [0.29, 0.717) is 160 Å². The van der Waals surface area contributed by atoms with Crippen molar-refractivity contribution in [1.82, 2.24) is 65.4 Å². The molecule has 0 saturated carbocycles. The van der Waals surface area contributed by atoms with E-state index >= 15 is 0 Å². The fourth-order valence-corrected chi connectivity index (χ4v) is 10.7. The molecule has 0 spiro atoms. The van der Waals surface area contributed by atoms with Gasteiger partial charge in [-0.3, -0.25) is 19.2 Å². The molecule has 5 rings (SSSR count). The van der Waals surface area contributed by atoms with Gasteiger partial charge in [0.1, 0.15) is 12.6 Å². The summed E-state index contributed by atoms with van der Waals surface area (Å²) in [5.74, 6) is 4.62. The number of unbranched alkanes of at least 4 members (excludes halogenated alkanes) is 15. The zero-order valence-corrected chi connectivity index (χ0v) is 53.2. The number of carbonyl (C=O) groups excluding carboxylic acids is 4. The number of aliphatic hydroxyl groups excluding tert-OH is 1. The maximum atomic E-state index is 13.4. The van der Waals surface area contributed by atoms with Crippen LogP contribution in [0.25, 0.3) is 0 Å². The number of anilines is 3. The highest BCUT2D eigenvalue weighted by Gasteiger charge is 2.29. The first-order chi connectivity index (χ1) is 42.4. The molecule has 2 aliphatic heterocycles. The van der Waals surface area contributed by atoms with Gasteiger partial charge in [-0.05, 0) is 77.7 Å². The molecular weight excluding hydrogens is 1110 g/mol. The van der Waals surface area contributed by atoms with E-state index in [2.05, 4.69) is 66.1 Å². The van der Waals surface area contributed by atoms with E-state index < -0.39 is 12.1 Å². The first kappa shape index (κ1) is 71.7. The number of hydrogen-bond acceptors (Lipinski definition) is 19. The van der Waals surface area contributed by atoms with Gasteiger partial charge in [-0.2, -0.15) is 15.0 Å². The van der Waals surface area contributed by atoms with Crippen molar-refractivity contribution in [2.75, 3.05) is 133 Å². The van der Waals surface area contributed by atoms with E-state index in [0.717, 1.165) is 134 Å². The molecule has 25 nitrogen and oxygen atoms in total. The lowest BCUT2D eigenvalue weighted by molar-refractivity contribution is -0.132. The third kappa shape index (κ3) is 27.9. The Morgan fingerprint density at radius 1 is 0.621 bits per heavy atom. The fourth-order valence-electron chi connectivity index (χ4n) is 10.7. The van der Waals surface area contributed by atoms with Crippen LogP contribution >= 0.6 is 0 Å². The molecule has 0 bridgehead atoms. The number of terminal acetylenes is 1. The van der Waals surface area contributed by atoms with Crippen molar-refractivity contribution in [1.29, 1.82) is 0 Å². The molecule has 2 fully saturated rings. The number of aromatic nitrogens is 9. The highest BCUT2D eigenvalue weighted by Crippen LogP contribution is 2.23. The Morgan fingerprint density at radius 2 is 1.13 bits per heavy atom. The van der Waals surface area contributed by atoms with Crippen LogP contribution in [0.2, 0.25) is 0 Å². The SMILES string of the molecule is C#CCOCCOCCOCCNc1nc(N2CCN(C(=O)CCCCCCCCCCNC(=O)[C@H](CCCCN)n3cc(C[C@@H](C)CC)nn3)CC2)nc(N2CCN(C(=O)CCCCCCCCCCNC(=O)[C@@H]([C@H](C)O)n3cc(C)nn3)CC2)n1. The highest BCUT2D eigenvalue weighted by atomic mass is 16.5. The third-order valence-corrected chi connectivity index (χ3v) is 16.1. The second kappa shape index (κ2) is 42.7. The largest absolute Gasteiger partial charge is 0.391 e. The summed E-state index contributed by atoms with van der Waals surface area (Å²) in [7, 11) is 0. The molecule has 4 atom stereocenters. The number of rotatable bonds is 47. The Balaban J connectivity index is 0.958. The topological polar surface area (TPSA) is 291 Å². The lowest BCUT2D eigenvalue weighted by Crippen LogP contribution is -2.50. The molecule has 3 aromatic rings. The van der Waals surface area contributed by atoms with Gasteiger partial charge in [0.15, 0.2) is 6.04 Å². The predicted molar refractivity (Wildman–Crippen MR) is 337 cm³/mol. The van der Waals surface area contributed by atoms with Crippen molar-refractivity contribution < 1.29 is 38.5 Å². The van der Waals surface area contributed by atoms with Crippen LogP contribution in [-0.4, -0.2) is 208 Å². The quantitative estimate of drug-likeness (QED) is 0.0340. The molecule has 0 aliphatic carbocycles. The van der Waals surface area contributed by atoms with Crippen LogP contribution in [0.5, 0.6) is 0 Å². The number of nitrogens with one attached hydrogen (secondary N) is 3. The van der Waals surface area contributed by atoms with Crippen molar-refractivity contribution in [2.24, 2.45) is 11.7 Å². The minimum Gasteiger partial charge on any atom is -0.391 e. The minimum absolute atomic E-state index is 0.00000874. The Kier molecular flexibility index (Phi) is 35.2. The van der Waals surface area contributed by atoms with Gasteiger partial charge in [0.25, 0.3) is 0 Å². The Hall–Kier alpha value is -6.07. The van der Waals surface area contributed by atoms with Crippen molar-refractivity contribution in [2.45, 2.75) is 194 Å². The minimum atomic E-state index is -0.888. The number of nitrogens with zero attached hydrogens (tertiary/aromatic N) is 13. The predicted octanol–water partition coefficient (Wildman–Crippen LogP) is 5.59. The molecule has 2 aliphatic rings. The number of nitrogens with two attached hydrogens (primary N) is 1. The lowest BCUT2D eigenvalue weighted by atomic mass is 10.0. The number of hydrogen-bond donors (Lipinski definition) is 5. The van der Waals surface area contributed by atoms with Crippen molar-refractivity contribution >= 4 is 41.5 Å². The molecule has 6 N–H and O–H groups in total. The molecule has 0 unspecified atom stereocenters. The van der Waals surface area contributed by atoms with Gasteiger partial charge in [-0.25, -0.2) is 9.36 Å². The second-order valence-corrected chi connectivity index (χ2v) is 23.4. The molecule has 25 heteroatoms.